The lowest BCUT2D eigenvalue weighted by Gasteiger charge is -2.19. The van der Waals surface area contributed by atoms with E-state index in [1.54, 1.807) is 19.9 Å². The smallest absolute Gasteiger partial charge is 0.335 e. The highest BCUT2D eigenvalue weighted by atomic mass is 32.2. The van der Waals surface area contributed by atoms with Gasteiger partial charge in [0.25, 0.3) is 0 Å². The molecular formula is C13H19NO5S. The van der Waals surface area contributed by atoms with E-state index in [0.717, 1.165) is 0 Å². The highest BCUT2D eigenvalue weighted by Crippen LogP contribution is 2.10. The maximum atomic E-state index is 12.0. The lowest BCUT2D eigenvalue weighted by molar-refractivity contribution is 0.0696. The van der Waals surface area contributed by atoms with Gasteiger partial charge in [0.05, 0.1) is 11.3 Å². The Labute approximate surface area is 118 Å². The van der Waals surface area contributed by atoms with Gasteiger partial charge >= 0.3 is 5.97 Å². The van der Waals surface area contributed by atoms with E-state index in [4.69, 9.17) is 10.2 Å². The number of carbonyl (C=O) groups is 1. The van der Waals surface area contributed by atoms with Gasteiger partial charge in [-0.2, -0.15) is 0 Å². The van der Waals surface area contributed by atoms with Gasteiger partial charge in [0.15, 0.2) is 0 Å². The summed E-state index contributed by atoms with van der Waals surface area (Å²) in [4.78, 5) is 10.8. The maximum Gasteiger partial charge on any atom is 0.335 e. The van der Waals surface area contributed by atoms with Crippen molar-refractivity contribution in [1.29, 1.82) is 0 Å². The van der Waals surface area contributed by atoms with Gasteiger partial charge in [-0.1, -0.05) is 19.1 Å². The first-order valence-corrected chi connectivity index (χ1v) is 7.83. The fraction of sp³-hybridized carbons (Fsp3) is 0.462. The van der Waals surface area contributed by atoms with Crippen LogP contribution in [0, 0.1) is 5.92 Å². The number of benzene rings is 1. The molecule has 2 unspecified atom stereocenters. The molecule has 112 valence electrons. The molecule has 6 nitrogen and oxygen atoms in total. The van der Waals surface area contributed by atoms with Crippen LogP contribution in [0.15, 0.2) is 24.3 Å². The molecule has 1 aromatic rings. The average Bonchev–Trinajstić information content (AvgIpc) is 2.36. The summed E-state index contributed by atoms with van der Waals surface area (Å²) in [6, 6.07) is 5.41. The number of nitrogens with one attached hydrogen (secondary N) is 1. The Bertz CT molecular complexity index is 570. The normalized spacial score (nSPS) is 14.8. The third kappa shape index (κ3) is 4.92. The van der Waals surface area contributed by atoms with E-state index < -0.39 is 22.0 Å². The molecule has 0 saturated heterocycles. The first-order valence-electron chi connectivity index (χ1n) is 6.18. The molecule has 0 heterocycles. The lowest BCUT2D eigenvalue weighted by atomic mass is 10.1. The summed E-state index contributed by atoms with van der Waals surface area (Å²) in [5.41, 5.74) is 0.454. The number of carboxylic acid groups (broad SMARTS) is 1. The van der Waals surface area contributed by atoms with Gasteiger partial charge in [0, 0.05) is 12.6 Å². The molecule has 7 heteroatoms. The summed E-state index contributed by atoms with van der Waals surface area (Å²) in [6.07, 6.45) is 0. The summed E-state index contributed by atoms with van der Waals surface area (Å²) in [7, 11) is -3.59. The zero-order chi connectivity index (χ0) is 15.3. The molecule has 0 aliphatic heterocycles. The van der Waals surface area contributed by atoms with Crippen molar-refractivity contribution in [3.05, 3.63) is 35.4 Å². The van der Waals surface area contributed by atoms with Crippen LogP contribution in [0.2, 0.25) is 0 Å². The summed E-state index contributed by atoms with van der Waals surface area (Å²) in [5.74, 6) is -1.59. The van der Waals surface area contributed by atoms with Crippen LogP contribution in [-0.4, -0.2) is 37.2 Å². The van der Waals surface area contributed by atoms with Crippen molar-refractivity contribution in [1.82, 2.24) is 4.72 Å². The predicted octanol–water partition coefficient (Wildman–Crippen LogP) is 0.821. The number of rotatable bonds is 7. The van der Waals surface area contributed by atoms with E-state index in [2.05, 4.69) is 4.72 Å². The van der Waals surface area contributed by atoms with Gasteiger partial charge in [0.2, 0.25) is 10.0 Å². The number of hydrogen-bond acceptors (Lipinski definition) is 4. The minimum Gasteiger partial charge on any atom is -0.478 e. The molecule has 0 amide bonds. The van der Waals surface area contributed by atoms with Gasteiger partial charge < -0.3 is 10.2 Å². The van der Waals surface area contributed by atoms with Crippen molar-refractivity contribution in [2.24, 2.45) is 5.92 Å². The third-order valence-electron chi connectivity index (χ3n) is 3.04. The summed E-state index contributed by atoms with van der Waals surface area (Å²) in [5, 5.41) is 17.9. The van der Waals surface area contributed by atoms with E-state index in [0.29, 0.717) is 5.56 Å². The highest BCUT2D eigenvalue weighted by Gasteiger charge is 2.19. The molecule has 3 N–H and O–H groups in total. The molecule has 20 heavy (non-hydrogen) atoms. The van der Waals surface area contributed by atoms with Crippen molar-refractivity contribution >= 4 is 16.0 Å². The number of hydrogen-bond donors (Lipinski definition) is 3. The molecule has 0 aliphatic carbocycles. The first kappa shape index (κ1) is 16.6. The predicted molar refractivity (Wildman–Crippen MR) is 74.9 cm³/mol. The first-order chi connectivity index (χ1) is 9.25. The molecule has 0 aliphatic rings. The minimum atomic E-state index is -3.59. The molecule has 1 aromatic carbocycles. The third-order valence-corrected chi connectivity index (χ3v) is 4.48. The Balaban J connectivity index is 2.81. The number of aromatic carboxylic acids is 1. The van der Waals surface area contributed by atoms with Crippen LogP contribution in [0.4, 0.5) is 0 Å². The van der Waals surface area contributed by atoms with Gasteiger partial charge in [0.1, 0.15) is 0 Å². The van der Waals surface area contributed by atoms with Crippen LogP contribution < -0.4 is 4.72 Å². The van der Waals surface area contributed by atoms with E-state index in [-0.39, 0.29) is 23.8 Å². The fourth-order valence-corrected chi connectivity index (χ4v) is 3.11. The second-order valence-corrected chi connectivity index (χ2v) is 6.58. The number of sulfonamides is 1. The van der Waals surface area contributed by atoms with E-state index in [9.17, 15) is 13.2 Å². The second kappa shape index (κ2) is 6.83. The molecule has 0 fully saturated rings. The molecule has 1 rings (SSSR count). The SMILES string of the molecule is CC(CO)C(C)NS(=O)(=O)Cc1cccc(C(=O)O)c1. The van der Waals surface area contributed by atoms with E-state index in [1.165, 1.54) is 18.2 Å². The van der Waals surface area contributed by atoms with Gasteiger partial charge in [-0.3, -0.25) is 0 Å². The summed E-state index contributed by atoms with van der Waals surface area (Å²) in [6.45, 7) is 3.29. The van der Waals surface area contributed by atoms with Crippen LogP contribution in [0.5, 0.6) is 0 Å². The second-order valence-electron chi connectivity index (χ2n) is 4.83. The van der Waals surface area contributed by atoms with Gasteiger partial charge in [-0.25, -0.2) is 17.9 Å². The van der Waals surface area contributed by atoms with Crippen LogP contribution in [0.3, 0.4) is 0 Å². The molecule has 0 radical (unpaired) electrons. The number of aliphatic hydroxyl groups is 1. The molecule has 0 saturated carbocycles. The van der Waals surface area contributed by atoms with Crippen LogP contribution in [0.1, 0.15) is 29.8 Å². The fourth-order valence-electron chi connectivity index (χ4n) is 1.61. The van der Waals surface area contributed by atoms with Crippen molar-refractivity contribution in [2.45, 2.75) is 25.6 Å². The van der Waals surface area contributed by atoms with Crippen molar-refractivity contribution < 1.29 is 23.4 Å². The van der Waals surface area contributed by atoms with Crippen LogP contribution in [-0.2, 0) is 15.8 Å². The average molecular weight is 301 g/mol. The zero-order valence-electron chi connectivity index (χ0n) is 11.4. The van der Waals surface area contributed by atoms with Crippen LogP contribution in [0.25, 0.3) is 0 Å². The topological polar surface area (TPSA) is 104 Å². The monoisotopic (exact) mass is 301 g/mol. The Morgan fingerprint density at radius 3 is 2.55 bits per heavy atom. The minimum absolute atomic E-state index is 0.0504. The Morgan fingerprint density at radius 1 is 1.35 bits per heavy atom. The lowest BCUT2D eigenvalue weighted by Crippen LogP contribution is -2.38. The molecule has 0 aromatic heterocycles. The summed E-state index contributed by atoms with van der Waals surface area (Å²) >= 11 is 0. The highest BCUT2D eigenvalue weighted by molar-refractivity contribution is 7.88. The standard InChI is InChI=1S/C13H19NO5S/c1-9(7-15)10(2)14-20(18,19)8-11-4-3-5-12(6-11)13(16)17/h3-6,9-10,14-15H,7-8H2,1-2H3,(H,16,17). The Morgan fingerprint density at radius 2 is 2.00 bits per heavy atom. The molecule has 2 atom stereocenters. The summed E-state index contributed by atoms with van der Waals surface area (Å²) < 4.78 is 26.4. The largest absolute Gasteiger partial charge is 0.478 e. The Kier molecular flexibility index (Phi) is 5.67. The van der Waals surface area contributed by atoms with E-state index >= 15 is 0 Å². The van der Waals surface area contributed by atoms with Crippen molar-refractivity contribution in [3.63, 3.8) is 0 Å². The van der Waals surface area contributed by atoms with Crippen molar-refractivity contribution in [3.8, 4) is 0 Å². The molecule has 0 spiro atoms. The number of carboxylic acids is 1. The van der Waals surface area contributed by atoms with Crippen molar-refractivity contribution in [2.75, 3.05) is 6.61 Å². The molecule has 0 bridgehead atoms. The van der Waals surface area contributed by atoms with Gasteiger partial charge in [-0.05, 0) is 30.5 Å². The van der Waals surface area contributed by atoms with Crippen LogP contribution >= 0.6 is 0 Å². The maximum absolute atomic E-state index is 12.0. The van der Waals surface area contributed by atoms with E-state index in [1.807, 2.05) is 0 Å². The van der Waals surface area contributed by atoms with Gasteiger partial charge in [-0.15, -0.1) is 0 Å². The quantitative estimate of drug-likeness (QED) is 0.692. The Hall–Kier alpha value is -1.44. The number of aliphatic hydroxyl groups excluding tert-OH is 1. The zero-order valence-corrected chi connectivity index (χ0v) is 12.2. The molecular weight excluding hydrogens is 282 g/mol.